The second-order valence-electron chi connectivity index (χ2n) is 5.33. The minimum atomic E-state index is 0.167. The van der Waals surface area contributed by atoms with Crippen LogP contribution in [0, 0.1) is 17.3 Å². The van der Waals surface area contributed by atoms with Gasteiger partial charge in [-0.15, -0.1) is 0 Å². The molecule has 0 saturated heterocycles. The normalized spacial score (nSPS) is 20.7. The van der Waals surface area contributed by atoms with Crippen LogP contribution >= 0.6 is 0 Å². The maximum atomic E-state index is 11.6. The van der Waals surface area contributed by atoms with Crippen molar-refractivity contribution in [2.45, 2.75) is 47.0 Å². The Hall–Kier alpha value is -0.330. The topological polar surface area (TPSA) is 17.1 Å². The third-order valence-electron chi connectivity index (χ3n) is 2.54. The Labute approximate surface area is 75.5 Å². The lowest BCUT2D eigenvalue weighted by Crippen LogP contribution is -2.20. The third-order valence-corrected chi connectivity index (χ3v) is 2.54. The van der Waals surface area contributed by atoms with E-state index < -0.39 is 0 Å². The highest BCUT2D eigenvalue weighted by Crippen LogP contribution is 2.38. The van der Waals surface area contributed by atoms with Crippen molar-refractivity contribution in [3.8, 4) is 0 Å². The fraction of sp³-hybridized carbons (Fsp3) is 0.909. The molecule has 0 aliphatic heterocycles. The van der Waals surface area contributed by atoms with E-state index in [1.165, 1.54) is 12.8 Å². The minimum Gasteiger partial charge on any atom is -0.299 e. The van der Waals surface area contributed by atoms with Crippen LogP contribution < -0.4 is 0 Å². The summed E-state index contributed by atoms with van der Waals surface area (Å²) < 4.78 is 0. The molecule has 1 heteroatoms. The van der Waals surface area contributed by atoms with E-state index in [0.29, 0.717) is 11.7 Å². The fourth-order valence-electron chi connectivity index (χ4n) is 1.54. The van der Waals surface area contributed by atoms with Crippen LogP contribution in [0.15, 0.2) is 0 Å². The number of ketones is 1. The van der Waals surface area contributed by atoms with Crippen LogP contribution in [0.3, 0.4) is 0 Å². The maximum absolute atomic E-state index is 11.6. The van der Waals surface area contributed by atoms with Gasteiger partial charge in [0.1, 0.15) is 5.78 Å². The number of carbonyl (C=O) groups excluding carboxylic acids is 1. The molecule has 0 heterocycles. The lowest BCUT2D eigenvalue weighted by molar-refractivity contribution is -0.124. The van der Waals surface area contributed by atoms with Crippen molar-refractivity contribution in [1.82, 2.24) is 0 Å². The molecule has 0 aromatic rings. The number of rotatable bonds is 3. The van der Waals surface area contributed by atoms with Crippen LogP contribution in [-0.4, -0.2) is 5.78 Å². The molecule has 0 unspecified atom stereocenters. The Kier molecular flexibility index (Phi) is 2.60. The monoisotopic (exact) mass is 168 g/mol. The molecule has 1 rings (SSSR count). The molecule has 12 heavy (non-hydrogen) atoms. The van der Waals surface area contributed by atoms with E-state index in [-0.39, 0.29) is 5.41 Å². The molecule has 1 atom stereocenters. The molecule has 0 bridgehead atoms. The number of Topliss-reactive ketones (excluding diaryl/α,β-unsaturated/α-hetero) is 1. The second kappa shape index (κ2) is 3.20. The Morgan fingerprint density at radius 2 is 1.92 bits per heavy atom. The van der Waals surface area contributed by atoms with Crippen LogP contribution in [-0.2, 0) is 4.79 Å². The van der Waals surface area contributed by atoms with Gasteiger partial charge in [-0.05, 0) is 24.2 Å². The van der Waals surface area contributed by atoms with Crippen LogP contribution in [0.25, 0.3) is 0 Å². The van der Waals surface area contributed by atoms with Gasteiger partial charge in [-0.25, -0.2) is 0 Å². The summed E-state index contributed by atoms with van der Waals surface area (Å²) in [4.78, 5) is 11.6. The van der Waals surface area contributed by atoms with E-state index in [4.69, 9.17) is 0 Å². The van der Waals surface area contributed by atoms with Crippen molar-refractivity contribution in [1.29, 1.82) is 0 Å². The SMILES string of the molecule is C[C@@H](C(=O)CC(C)(C)C)C1CC1. The van der Waals surface area contributed by atoms with Crippen molar-refractivity contribution in [2.75, 3.05) is 0 Å². The predicted octanol–water partition coefficient (Wildman–Crippen LogP) is 3.04. The summed E-state index contributed by atoms with van der Waals surface area (Å²) in [5.41, 5.74) is 0.167. The highest BCUT2D eigenvalue weighted by Gasteiger charge is 2.33. The summed E-state index contributed by atoms with van der Waals surface area (Å²) in [6, 6.07) is 0. The molecular formula is C11H20O. The number of hydrogen-bond donors (Lipinski definition) is 0. The maximum Gasteiger partial charge on any atom is 0.136 e. The van der Waals surface area contributed by atoms with Gasteiger partial charge < -0.3 is 0 Å². The fourth-order valence-corrected chi connectivity index (χ4v) is 1.54. The quantitative estimate of drug-likeness (QED) is 0.633. The zero-order valence-electron chi connectivity index (χ0n) is 8.68. The van der Waals surface area contributed by atoms with Crippen molar-refractivity contribution in [3.63, 3.8) is 0 Å². The molecule has 70 valence electrons. The largest absolute Gasteiger partial charge is 0.299 e. The number of carbonyl (C=O) groups is 1. The van der Waals surface area contributed by atoms with Gasteiger partial charge in [-0.2, -0.15) is 0 Å². The molecule has 0 spiro atoms. The van der Waals surface area contributed by atoms with Crippen molar-refractivity contribution >= 4 is 5.78 Å². The highest BCUT2D eigenvalue weighted by atomic mass is 16.1. The lowest BCUT2D eigenvalue weighted by atomic mass is 9.85. The molecule has 1 aliphatic carbocycles. The average Bonchev–Trinajstić information content (AvgIpc) is 2.62. The Balaban J connectivity index is 2.36. The van der Waals surface area contributed by atoms with Crippen LogP contribution in [0.4, 0.5) is 0 Å². The van der Waals surface area contributed by atoms with Gasteiger partial charge in [-0.1, -0.05) is 27.7 Å². The van der Waals surface area contributed by atoms with Crippen LogP contribution in [0.1, 0.15) is 47.0 Å². The standard InChI is InChI=1S/C11H20O/c1-8(9-5-6-9)10(12)7-11(2,3)4/h8-9H,5-7H2,1-4H3/t8-/m1/s1. The van der Waals surface area contributed by atoms with Crippen molar-refractivity contribution < 1.29 is 4.79 Å². The van der Waals surface area contributed by atoms with E-state index in [1.807, 2.05) is 0 Å². The Bertz CT molecular complexity index is 172. The first kappa shape index (κ1) is 9.76. The first-order chi connectivity index (χ1) is 5.40. The van der Waals surface area contributed by atoms with Gasteiger partial charge in [-0.3, -0.25) is 4.79 Å². The Morgan fingerprint density at radius 3 is 2.25 bits per heavy atom. The number of hydrogen-bond acceptors (Lipinski definition) is 1. The smallest absolute Gasteiger partial charge is 0.136 e. The summed E-state index contributed by atoms with van der Waals surface area (Å²) in [6.07, 6.45) is 3.29. The van der Waals surface area contributed by atoms with Crippen LogP contribution in [0.2, 0.25) is 0 Å². The zero-order valence-corrected chi connectivity index (χ0v) is 8.68. The van der Waals surface area contributed by atoms with E-state index in [1.54, 1.807) is 0 Å². The molecule has 1 fully saturated rings. The zero-order chi connectivity index (χ0) is 9.35. The third kappa shape index (κ3) is 2.96. The summed E-state index contributed by atoms with van der Waals surface area (Å²) in [6.45, 7) is 8.48. The van der Waals surface area contributed by atoms with Crippen molar-refractivity contribution in [2.24, 2.45) is 17.3 Å². The predicted molar refractivity (Wildman–Crippen MR) is 51.0 cm³/mol. The molecule has 0 N–H and O–H groups in total. The molecular weight excluding hydrogens is 148 g/mol. The first-order valence-corrected chi connectivity index (χ1v) is 4.93. The van der Waals surface area contributed by atoms with Crippen LogP contribution in [0.5, 0.6) is 0 Å². The average molecular weight is 168 g/mol. The summed E-state index contributed by atoms with van der Waals surface area (Å²) in [7, 11) is 0. The van der Waals surface area contributed by atoms with Gasteiger partial charge in [0, 0.05) is 12.3 Å². The molecule has 1 saturated carbocycles. The van der Waals surface area contributed by atoms with Gasteiger partial charge >= 0.3 is 0 Å². The molecule has 0 amide bonds. The second-order valence-corrected chi connectivity index (χ2v) is 5.33. The lowest BCUT2D eigenvalue weighted by Gasteiger charge is -2.19. The van der Waals surface area contributed by atoms with E-state index in [9.17, 15) is 4.79 Å². The molecule has 0 radical (unpaired) electrons. The Morgan fingerprint density at radius 1 is 1.42 bits per heavy atom. The highest BCUT2D eigenvalue weighted by molar-refractivity contribution is 5.81. The van der Waals surface area contributed by atoms with Gasteiger partial charge in [0.15, 0.2) is 0 Å². The summed E-state index contributed by atoms with van der Waals surface area (Å²) in [5, 5.41) is 0. The van der Waals surface area contributed by atoms with E-state index in [2.05, 4.69) is 27.7 Å². The molecule has 1 nitrogen and oxygen atoms in total. The summed E-state index contributed by atoms with van der Waals surface area (Å²) in [5.74, 6) is 1.51. The summed E-state index contributed by atoms with van der Waals surface area (Å²) >= 11 is 0. The van der Waals surface area contributed by atoms with Gasteiger partial charge in [0.05, 0.1) is 0 Å². The molecule has 1 aliphatic rings. The minimum absolute atomic E-state index is 0.167. The van der Waals surface area contributed by atoms with Gasteiger partial charge in [0.2, 0.25) is 0 Å². The first-order valence-electron chi connectivity index (χ1n) is 4.93. The molecule has 0 aromatic carbocycles. The van der Waals surface area contributed by atoms with E-state index in [0.717, 1.165) is 12.3 Å². The van der Waals surface area contributed by atoms with E-state index >= 15 is 0 Å². The van der Waals surface area contributed by atoms with Gasteiger partial charge in [0.25, 0.3) is 0 Å². The molecule has 0 aromatic heterocycles. The van der Waals surface area contributed by atoms with Crippen molar-refractivity contribution in [3.05, 3.63) is 0 Å².